The maximum absolute atomic E-state index is 12.7. The molecule has 2 heterocycles. The van der Waals surface area contributed by atoms with Gasteiger partial charge in [0.2, 0.25) is 11.8 Å². The van der Waals surface area contributed by atoms with Gasteiger partial charge >= 0.3 is 0 Å². The molecule has 2 atom stereocenters. The zero-order valence-electron chi connectivity index (χ0n) is 14.8. The van der Waals surface area contributed by atoms with Gasteiger partial charge < -0.3 is 16.0 Å². The molecule has 1 aliphatic carbocycles. The SMILES string of the molecule is NC[C@H]1CCC[C@H]1C(=O)N1CCC(C(=O)NCCc2cccs2)CC1. The number of carbonyl (C=O) groups excluding carboxylic acids is 2. The summed E-state index contributed by atoms with van der Waals surface area (Å²) in [5.74, 6) is 0.919. The Balaban J connectivity index is 1.40. The van der Waals surface area contributed by atoms with E-state index in [1.807, 2.05) is 11.0 Å². The molecule has 0 unspecified atom stereocenters. The van der Waals surface area contributed by atoms with E-state index in [9.17, 15) is 9.59 Å². The minimum absolute atomic E-state index is 0.0428. The number of hydrogen-bond acceptors (Lipinski definition) is 4. The Hall–Kier alpha value is -1.40. The molecule has 1 aromatic heterocycles. The highest BCUT2D eigenvalue weighted by Crippen LogP contribution is 2.33. The number of nitrogens with one attached hydrogen (secondary N) is 1. The molecule has 0 radical (unpaired) electrons. The molecular formula is C19H29N3O2S. The predicted molar refractivity (Wildman–Crippen MR) is 100 cm³/mol. The van der Waals surface area contributed by atoms with Gasteiger partial charge in [0, 0.05) is 36.3 Å². The van der Waals surface area contributed by atoms with Crippen LogP contribution in [0.5, 0.6) is 0 Å². The van der Waals surface area contributed by atoms with E-state index in [-0.39, 0.29) is 23.7 Å². The van der Waals surface area contributed by atoms with Crippen LogP contribution in [-0.4, -0.2) is 42.9 Å². The summed E-state index contributed by atoms with van der Waals surface area (Å²) in [6, 6.07) is 4.13. The number of nitrogens with two attached hydrogens (primary N) is 1. The fourth-order valence-corrected chi connectivity index (χ4v) is 4.86. The van der Waals surface area contributed by atoms with E-state index in [1.165, 1.54) is 4.88 Å². The van der Waals surface area contributed by atoms with Crippen molar-refractivity contribution in [2.75, 3.05) is 26.2 Å². The summed E-state index contributed by atoms with van der Waals surface area (Å²) in [5, 5.41) is 5.11. The van der Waals surface area contributed by atoms with Crippen LogP contribution in [0.15, 0.2) is 17.5 Å². The Bertz CT molecular complexity index is 567. The maximum Gasteiger partial charge on any atom is 0.226 e. The van der Waals surface area contributed by atoms with Gasteiger partial charge in [-0.2, -0.15) is 0 Å². The highest BCUT2D eigenvalue weighted by atomic mass is 32.1. The van der Waals surface area contributed by atoms with Crippen LogP contribution in [0.25, 0.3) is 0 Å². The normalized spacial score (nSPS) is 24.4. The molecule has 1 aliphatic heterocycles. The summed E-state index contributed by atoms with van der Waals surface area (Å²) in [5.41, 5.74) is 5.81. The lowest BCUT2D eigenvalue weighted by Crippen LogP contribution is -2.46. The van der Waals surface area contributed by atoms with Gasteiger partial charge in [-0.15, -0.1) is 11.3 Å². The summed E-state index contributed by atoms with van der Waals surface area (Å²) >= 11 is 1.72. The van der Waals surface area contributed by atoms with Crippen molar-refractivity contribution in [3.8, 4) is 0 Å². The molecule has 2 fully saturated rings. The number of nitrogens with zero attached hydrogens (tertiary/aromatic N) is 1. The van der Waals surface area contributed by atoms with Crippen molar-refractivity contribution < 1.29 is 9.59 Å². The van der Waals surface area contributed by atoms with Gasteiger partial charge in [0.15, 0.2) is 0 Å². The fourth-order valence-electron chi connectivity index (χ4n) is 4.15. The fraction of sp³-hybridized carbons (Fsp3) is 0.684. The zero-order valence-corrected chi connectivity index (χ0v) is 15.6. The first kappa shape index (κ1) is 18.4. The molecule has 3 rings (SSSR count). The van der Waals surface area contributed by atoms with Crippen molar-refractivity contribution in [1.82, 2.24) is 10.2 Å². The molecule has 0 bridgehead atoms. The average molecular weight is 364 g/mol. The number of hydrogen-bond donors (Lipinski definition) is 2. The summed E-state index contributed by atoms with van der Waals surface area (Å²) < 4.78 is 0. The molecule has 138 valence electrons. The van der Waals surface area contributed by atoms with Crippen LogP contribution in [0.4, 0.5) is 0 Å². The molecule has 6 heteroatoms. The van der Waals surface area contributed by atoms with Crippen LogP contribution in [0, 0.1) is 17.8 Å². The molecule has 0 spiro atoms. The number of rotatable bonds is 6. The standard InChI is InChI=1S/C19H29N3O2S/c20-13-15-3-1-5-17(15)19(24)22-10-7-14(8-11-22)18(23)21-9-6-16-4-2-12-25-16/h2,4,12,14-15,17H,1,3,5-11,13,20H2,(H,21,23)/t15-,17-/m1/s1. The molecular weight excluding hydrogens is 334 g/mol. The number of piperidine rings is 1. The Morgan fingerprint density at radius 2 is 2.04 bits per heavy atom. The second-order valence-corrected chi connectivity index (χ2v) is 8.29. The lowest BCUT2D eigenvalue weighted by Gasteiger charge is -2.34. The van der Waals surface area contributed by atoms with Gasteiger partial charge in [0.05, 0.1) is 0 Å². The van der Waals surface area contributed by atoms with Crippen molar-refractivity contribution in [3.63, 3.8) is 0 Å². The number of amides is 2. The average Bonchev–Trinajstić information content (AvgIpc) is 3.32. The molecule has 3 N–H and O–H groups in total. The van der Waals surface area contributed by atoms with Crippen molar-refractivity contribution in [2.45, 2.75) is 38.5 Å². The monoisotopic (exact) mass is 363 g/mol. The molecule has 1 saturated heterocycles. The topological polar surface area (TPSA) is 75.4 Å². The molecule has 25 heavy (non-hydrogen) atoms. The number of thiophene rings is 1. The second-order valence-electron chi connectivity index (χ2n) is 7.25. The number of likely N-dealkylation sites (tertiary alicyclic amines) is 1. The third-order valence-electron chi connectivity index (χ3n) is 5.71. The maximum atomic E-state index is 12.7. The Morgan fingerprint density at radius 1 is 1.24 bits per heavy atom. The smallest absolute Gasteiger partial charge is 0.226 e. The first-order valence-corrected chi connectivity index (χ1v) is 10.4. The largest absolute Gasteiger partial charge is 0.355 e. The van der Waals surface area contributed by atoms with Crippen molar-refractivity contribution in [1.29, 1.82) is 0 Å². The van der Waals surface area contributed by atoms with E-state index in [0.717, 1.165) is 38.5 Å². The molecule has 1 saturated carbocycles. The highest BCUT2D eigenvalue weighted by molar-refractivity contribution is 7.09. The van der Waals surface area contributed by atoms with Crippen LogP contribution >= 0.6 is 11.3 Å². The van der Waals surface area contributed by atoms with Crippen molar-refractivity contribution in [2.24, 2.45) is 23.5 Å². The lowest BCUT2D eigenvalue weighted by atomic mass is 9.91. The molecule has 2 amide bonds. The van der Waals surface area contributed by atoms with Crippen LogP contribution in [-0.2, 0) is 16.0 Å². The van der Waals surface area contributed by atoms with Gasteiger partial charge in [0.25, 0.3) is 0 Å². The van der Waals surface area contributed by atoms with Crippen molar-refractivity contribution in [3.05, 3.63) is 22.4 Å². The van der Waals surface area contributed by atoms with E-state index < -0.39 is 0 Å². The minimum atomic E-state index is 0.0428. The third kappa shape index (κ3) is 4.61. The summed E-state index contributed by atoms with van der Waals surface area (Å²) in [4.78, 5) is 28.3. The van der Waals surface area contributed by atoms with Gasteiger partial charge in [-0.05, 0) is 56.0 Å². The Morgan fingerprint density at radius 3 is 2.72 bits per heavy atom. The van der Waals surface area contributed by atoms with Crippen molar-refractivity contribution >= 4 is 23.2 Å². The first-order chi connectivity index (χ1) is 12.2. The summed E-state index contributed by atoms with van der Waals surface area (Å²) in [7, 11) is 0. The third-order valence-corrected chi connectivity index (χ3v) is 6.64. The van der Waals surface area contributed by atoms with E-state index in [0.29, 0.717) is 32.1 Å². The van der Waals surface area contributed by atoms with Crippen LogP contribution < -0.4 is 11.1 Å². The second kappa shape index (κ2) is 8.81. The molecule has 5 nitrogen and oxygen atoms in total. The Labute approximate surface area is 154 Å². The molecule has 2 aliphatic rings. The van der Waals surface area contributed by atoms with Gasteiger partial charge in [-0.1, -0.05) is 12.5 Å². The van der Waals surface area contributed by atoms with Crippen LogP contribution in [0.2, 0.25) is 0 Å². The number of carbonyl (C=O) groups is 2. The van der Waals surface area contributed by atoms with E-state index in [1.54, 1.807) is 11.3 Å². The van der Waals surface area contributed by atoms with E-state index in [4.69, 9.17) is 5.73 Å². The van der Waals surface area contributed by atoms with Crippen LogP contribution in [0.1, 0.15) is 37.0 Å². The van der Waals surface area contributed by atoms with Gasteiger partial charge in [-0.3, -0.25) is 9.59 Å². The van der Waals surface area contributed by atoms with Gasteiger partial charge in [-0.25, -0.2) is 0 Å². The Kier molecular flexibility index (Phi) is 6.48. The van der Waals surface area contributed by atoms with Gasteiger partial charge in [0.1, 0.15) is 0 Å². The minimum Gasteiger partial charge on any atom is -0.355 e. The molecule has 1 aromatic rings. The molecule has 0 aromatic carbocycles. The van der Waals surface area contributed by atoms with Crippen LogP contribution in [0.3, 0.4) is 0 Å². The summed E-state index contributed by atoms with van der Waals surface area (Å²) in [6.07, 6.45) is 5.61. The van der Waals surface area contributed by atoms with E-state index in [2.05, 4.69) is 16.8 Å². The van der Waals surface area contributed by atoms with E-state index >= 15 is 0 Å². The highest BCUT2D eigenvalue weighted by Gasteiger charge is 2.36. The summed E-state index contributed by atoms with van der Waals surface area (Å²) in [6.45, 7) is 2.71. The zero-order chi connectivity index (χ0) is 17.6. The lowest BCUT2D eigenvalue weighted by molar-refractivity contribution is -0.140. The predicted octanol–water partition coefficient (Wildman–Crippen LogP) is 2.02. The first-order valence-electron chi connectivity index (χ1n) is 9.48. The quantitative estimate of drug-likeness (QED) is 0.812.